The van der Waals surface area contributed by atoms with Gasteiger partial charge >= 0.3 is 0 Å². The molecule has 40 heavy (non-hydrogen) atoms. The number of pyridine rings is 1. The first-order chi connectivity index (χ1) is 18.6. The van der Waals surface area contributed by atoms with Crippen molar-refractivity contribution in [3.63, 3.8) is 0 Å². The molecule has 1 heterocycles. The maximum Gasteiger partial charge on any atom is 0.155 e. The molecule has 3 nitrogen and oxygen atoms in total. The van der Waals surface area contributed by atoms with Crippen LogP contribution < -0.4 is 0 Å². The molecular formula is C36H32IrNO2-. The molecule has 0 saturated heterocycles. The summed E-state index contributed by atoms with van der Waals surface area (Å²) >= 11 is 0. The number of fused-ring (bicyclic) bond motifs is 6. The topological polar surface area (TPSA) is 50.2 Å². The molecule has 0 fully saturated rings. The van der Waals surface area contributed by atoms with Gasteiger partial charge in [-0.2, -0.15) is 0 Å². The molecule has 0 aliphatic carbocycles. The van der Waals surface area contributed by atoms with Crippen molar-refractivity contribution in [2.75, 3.05) is 0 Å². The molecular weight excluding hydrogens is 671 g/mol. The Morgan fingerprint density at radius 3 is 2.05 bits per heavy atom. The first kappa shape index (κ1) is 29.1. The number of hydrogen-bond acceptors (Lipinski definition) is 3. The molecule has 6 aromatic rings. The minimum absolute atomic E-state index is 0. The molecule has 203 valence electrons. The maximum atomic E-state index is 10.0. The van der Waals surface area contributed by atoms with E-state index in [0.717, 1.165) is 16.6 Å². The number of aliphatic hydroxyl groups is 1. The number of aromatic nitrogens is 1. The van der Waals surface area contributed by atoms with Crippen LogP contribution in [0, 0.1) is 6.07 Å². The molecule has 1 radical (unpaired) electrons. The number of benzene rings is 5. The van der Waals surface area contributed by atoms with Gasteiger partial charge in [0.2, 0.25) is 0 Å². The van der Waals surface area contributed by atoms with Crippen molar-refractivity contribution >= 4 is 48.9 Å². The van der Waals surface area contributed by atoms with Crippen LogP contribution in [0.25, 0.3) is 54.3 Å². The van der Waals surface area contributed by atoms with Crippen LogP contribution in [0.3, 0.4) is 0 Å². The van der Waals surface area contributed by atoms with E-state index in [4.69, 9.17) is 10.1 Å². The third-order valence-electron chi connectivity index (χ3n) is 6.92. The third kappa shape index (κ3) is 5.84. The van der Waals surface area contributed by atoms with E-state index in [0.29, 0.717) is 0 Å². The Bertz CT molecular complexity index is 1890. The summed E-state index contributed by atoms with van der Waals surface area (Å²) in [7, 11) is 0. The normalized spacial score (nSPS) is 11.8. The molecule has 1 aromatic heterocycles. The second-order valence-corrected chi connectivity index (χ2v) is 11.0. The zero-order valence-corrected chi connectivity index (χ0v) is 25.8. The van der Waals surface area contributed by atoms with E-state index < -0.39 is 0 Å². The molecule has 0 aliphatic heterocycles. The zero-order valence-electron chi connectivity index (χ0n) is 23.4. The van der Waals surface area contributed by atoms with Crippen LogP contribution in [0.1, 0.15) is 40.2 Å². The Morgan fingerprint density at radius 1 is 0.775 bits per heavy atom. The van der Waals surface area contributed by atoms with Crippen LogP contribution in [0.5, 0.6) is 0 Å². The molecule has 6 rings (SSSR count). The minimum Gasteiger partial charge on any atom is -0.512 e. The number of allylic oxidation sites excluding steroid dienone is 2. The molecule has 0 spiro atoms. The van der Waals surface area contributed by atoms with Gasteiger partial charge in [-0.05, 0) is 57.6 Å². The van der Waals surface area contributed by atoms with Gasteiger partial charge in [-0.1, -0.05) is 98.5 Å². The van der Waals surface area contributed by atoms with E-state index >= 15 is 0 Å². The van der Waals surface area contributed by atoms with Gasteiger partial charge in [0.1, 0.15) is 0 Å². The summed E-state index contributed by atoms with van der Waals surface area (Å²) in [5.41, 5.74) is 3.40. The summed E-state index contributed by atoms with van der Waals surface area (Å²) < 4.78 is 0. The average molecular weight is 703 g/mol. The van der Waals surface area contributed by atoms with E-state index in [-0.39, 0.29) is 37.1 Å². The Morgan fingerprint density at radius 2 is 1.38 bits per heavy atom. The van der Waals surface area contributed by atoms with Gasteiger partial charge in [-0.15, -0.1) is 29.1 Å². The zero-order chi connectivity index (χ0) is 27.7. The van der Waals surface area contributed by atoms with Crippen molar-refractivity contribution in [1.29, 1.82) is 0 Å². The monoisotopic (exact) mass is 703 g/mol. The number of ketones is 1. The SMILES string of the molecule is CC(=O)/C=C(/C)O.CC(C)(C)c1cc(-c2nccc3c2ccc2c4ccccc4ccc32)[c-]c2ccccc12.[Ir]. The van der Waals surface area contributed by atoms with Gasteiger partial charge in [0.25, 0.3) is 0 Å². The van der Waals surface area contributed by atoms with Crippen molar-refractivity contribution < 1.29 is 30.0 Å². The molecule has 1 N–H and O–H groups in total. The van der Waals surface area contributed by atoms with Crippen LogP contribution in [-0.4, -0.2) is 15.9 Å². The number of hydrogen-bond donors (Lipinski definition) is 1. The maximum absolute atomic E-state index is 10.0. The standard InChI is InChI=1S/C31H24N.C5H8O2.Ir/c1-31(2,3)29-19-22(18-21-9-5-7-11-24(21)29)30-28-15-14-25-23-10-6-4-8-20(23)12-13-26(25)27(28)16-17-32-30;1-4(6)3-5(2)7;/h4-17,19H,1-3H3;3,6H,1-2H3;/q-1;;/b;4-3-;. The van der Waals surface area contributed by atoms with Crippen LogP contribution >= 0.6 is 0 Å². The molecule has 0 amide bonds. The van der Waals surface area contributed by atoms with E-state index in [1.54, 1.807) is 0 Å². The molecule has 5 aromatic carbocycles. The Labute approximate surface area is 248 Å². The van der Waals surface area contributed by atoms with Crippen molar-refractivity contribution in [2.24, 2.45) is 0 Å². The largest absolute Gasteiger partial charge is 0.512 e. The summed E-state index contributed by atoms with van der Waals surface area (Å²) in [6.45, 7) is 9.66. The van der Waals surface area contributed by atoms with Gasteiger partial charge in [0, 0.05) is 38.1 Å². The van der Waals surface area contributed by atoms with Crippen LogP contribution in [0.2, 0.25) is 0 Å². The number of carbonyl (C=O) groups excluding carboxylic acids is 1. The number of nitrogens with zero attached hydrogens (tertiary/aromatic N) is 1. The fraction of sp³-hybridized carbons (Fsp3) is 0.167. The smallest absolute Gasteiger partial charge is 0.155 e. The molecule has 4 heteroatoms. The predicted molar refractivity (Wildman–Crippen MR) is 164 cm³/mol. The number of rotatable bonds is 2. The van der Waals surface area contributed by atoms with Crippen LogP contribution in [-0.2, 0) is 30.3 Å². The van der Waals surface area contributed by atoms with E-state index in [1.165, 1.54) is 63.2 Å². The molecule has 0 saturated carbocycles. The van der Waals surface area contributed by atoms with E-state index in [1.807, 2.05) is 6.20 Å². The average Bonchev–Trinajstić information content (AvgIpc) is 2.90. The van der Waals surface area contributed by atoms with E-state index in [9.17, 15) is 4.79 Å². The van der Waals surface area contributed by atoms with Gasteiger partial charge in [0.05, 0.1) is 5.76 Å². The minimum atomic E-state index is -0.125. The second kappa shape index (κ2) is 11.7. The predicted octanol–water partition coefficient (Wildman–Crippen LogP) is 9.49. The van der Waals surface area contributed by atoms with Crippen molar-refractivity contribution in [3.8, 4) is 11.3 Å². The van der Waals surface area contributed by atoms with Crippen molar-refractivity contribution in [3.05, 3.63) is 115 Å². The van der Waals surface area contributed by atoms with Crippen molar-refractivity contribution in [2.45, 2.75) is 40.0 Å². The van der Waals surface area contributed by atoms with Gasteiger partial charge in [0.15, 0.2) is 5.78 Å². The summed E-state index contributed by atoms with van der Waals surface area (Å²) in [5, 5.41) is 18.3. The molecule has 0 bridgehead atoms. The Balaban J connectivity index is 0.000000413. The molecule has 0 atom stereocenters. The summed E-state index contributed by atoms with van der Waals surface area (Å²) in [6, 6.07) is 34.2. The number of carbonyl (C=O) groups is 1. The number of aliphatic hydroxyl groups excluding tert-OH is 1. The summed E-state index contributed by atoms with van der Waals surface area (Å²) in [5.74, 6) is -0.0625. The van der Waals surface area contributed by atoms with Gasteiger partial charge < -0.3 is 5.11 Å². The van der Waals surface area contributed by atoms with Crippen LogP contribution in [0.4, 0.5) is 0 Å². The third-order valence-corrected chi connectivity index (χ3v) is 6.92. The first-order valence-electron chi connectivity index (χ1n) is 13.2. The quantitative estimate of drug-likeness (QED) is 0.0847. The van der Waals surface area contributed by atoms with Crippen LogP contribution in [0.15, 0.2) is 103 Å². The summed E-state index contributed by atoms with van der Waals surface area (Å²) in [6.07, 6.45) is 3.10. The van der Waals surface area contributed by atoms with Crippen molar-refractivity contribution in [1.82, 2.24) is 4.98 Å². The van der Waals surface area contributed by atoms with E-state index in [2.05, 4.69) is 112 Å². The van der Waals surface area contributed by atoms with Gasteiger partial charge in [-0.25, -0.2) is 0 Å². The fourth-order valence-electron chi connectivity index (χ4n) is 5.24. The Kier molecular flexibility index (Phi) is 8.54. The molecule has 0 aliphatic rings. The van der Waals surface area contributed by atoms with Gasteiger partial charge in [-0.3, -0.25) is 9.78 Å². The molecule has 0 unspecified atom stereocenters. The first-order valence-corrected chi connectivity index (χ1v) is 13.2. The Hall–Kier alpha value is -3.85. The fourth-order valence-corrected chi connectivity index (χ4v) is 5.24. The summed E-state index contributed by atoms with van der Waals surface area (Å²) in [4.78, 5) is 14.9. The second-order valence-electron chi connectivity index (χ2n) is 11.0.